The van der Waals surface area contributed by atoms with Crippen molar-refractivity contribution in [3.63, 3.8) is 0 Å². The Morgan fingerprint density at radius 1 is 1.35 bits per heavy atom. The van der Waals surface area contributed by atoms with Gasteiger partial charge in [-0.05, 0) is 31.4 Å². The molecule has 1 N–H and O–H groups in total. The third-order valence-electron chi connectivity index (χ3n) is 3.11. The lowest BCUT2D eigenvalue weighted by Gasteiger charge is -2.09. The van der Waals surface area contributed by atoms with Gasteiger partial charge in [0.25, 0.3) is 0 Å². The third kappa shape index (κ3) is 2.22. The summed E-state index contributed by atoms with van der Waals surface area (Å²) in [5.41, 5.74) is 3.44. The van der Waals surface area contributed by atoms with Gasteiger partial charge in [-0.3, -0.25) is 0 Å². The fraction of sp³-hybridized carbons (Fsp3) is 0.385. The first-order chi connectivity index (χ1) is 8.34. The molecule has 1 heterocycles. The van der Waals surface area contributed by atoms with Gasteiger partial charge in [0.05, 0.1) is 17.6 Å². The molecule has 1 fully saturated rings. The van der Waals surface area contributed by atoms with Crippen molar-refractivity contribution in [3.05, 3.63) is 41.7 Å². The van der Waals surface area contributed by atoms with Crippen molar-refractivity contribution < 1.29 is 0 Å². The SMILES string of the molecule is Cc1ccccc1-n1nncc1CNC1CC1. The summed E-state index contributed by atoms with van der Waals surface area (Å²) >= 11 is 0. The molecule has 0 amide bonds. The van der Waals surface area contributed by atoms with E-state index < -0.39 is 0 Å². The summed E-state index contributed by atoms with van der Waals surface area (Å²) in [6.07, 6.45) is 4.43. The van der Waals surface area contributed by atoms with Gasteiger partial charge >= 0.3 is 0 Å². The maximum atomic E-state index is 4.17. The van der Waals surface area contributed by atoms with Gasteiger partial charge < -0.3 is 5.32 Å². The van der Waals surface area contributed by atoms with Gasteiger partial charge in [-0.2, -0.15) is 0 Å². The lowest BCUT2D eigenvalue weighted by molar-refractivity contribution is 0.646. The molecule has 0 saturated heterocycles. The molecule has 1 aliphatic carbocycles. The number of aromatic nitrogens is 3. The maximum absolute atomic E-state index is 4.17. The van der Waals surface area contributed by atoms with Crippen molar-refractivity contribution in [1.29, 1.82) is 0 Å². The van der Waals surface area contributed by atoms with Crippen LogP contribution in [0.5, 0.6) is 0 Å². The second-order valence-electron chi connectivity index (χ2n) is 4.58. The summed E-state index contributed by atoms with van der Waals surface area (Å²) < 4.78 is 1.92. The number of rotatable bonds is 4. The summed E-state index contributed by atoms with van der Waals surface area (Å²) in [5, 5.41) is 11.7. The Kier molecular flexibility index (Phi) is 2.65. The number of aryl methyl sites for hydroxylation is 1. The minimum atomic E-state index is 0.704. The predicted molar refractivity (Wildman–Crippen MR) is 66.0 cm³/mol. The molecule has 0 bridgehead atoms. The van der Waals surface area contributed by atoms with Gasteiger partial charge in [-0.1, -0.05) is 23.4 Å². The van der Waals surface area contributed by atoms with Gasteiger partial charge in [0.2, 0.25) is 0 Å². The molecule has 4 nitrogen and oxygen atoms in total. The Morgan fingerprint density at radius 2 is 2.18 bits per heavy atom. The zero-order valence-electron chi connectivity index (χ0n) is 9.93. The fourth-order valence-corrected chi connectivity index (χ4v) is 1.92. The number of benzene rings is 1. The predicted octanol–water partition coefficient (Wildman–Crippen LogP) is 1.83. The van der Waals surface area contributed by atoms with Gasteiger partial charge in [0, 0.05) is 12.6 Å². The summed E-state index contributed by atoms with van der Waals surface area (Å²) in [7, 11) is 0. The molecule has 0 aliphatic heterocycles. The molecule has 0 atom stereocenters. The van der Waals surface area contributed by atoms with Crippen LogP contribution in [0.4, 0.5) is 0 Å². The zero-order chi connectivity index (χ0) is 11.7. The fourth-order valence-electron chi connectivity index (χ4n) is 1.92. The second kappa shape index (κ2) is 4.30. The van der Waals surface area contributed by atoms with Crippen molar-refractivity contribution in [2.45, 2.75) is 32.4 Å². The zero-order valence-corrected chi connectivity index (χ0v) is 9.93. The number of hydrogen-bond acceptors (Lipinski definition) is 3. The number of para-hydroxylation sites is 1. The molecule has 3 rings (SSSR count). The smallest absolute Gasteiger partial charge is 0.0783 e. The Hall–Kier alpha value is -1.68. The van der Waals surface area contributed by atoms with Crippen molar-refractivity contribution in [2.24, 2.45) is 0 Å². The number of nitrogens with zero attached hydrogens (tertiary/aromatic N) is 3. The van der Waals surface area contributed by atoms with Gasteiger partial charge in [0.15, 0.2) is 0 Å². The first-order valence-electron chi connectivity index (χ1n) is 6.03. The van der Waals surface area contributed by atoms with E-state index in [0.717, 1.165) is 17.9 Å². The monoisotopic (exact) mass is 228 g/mol. The molecule has 1 aromatic carbocycles. The van der Waals surface area contributed by atoms with E-state index in [-0.39, 0.29) is 0 Å². The van der Waals surface area contributed by atoms with E-state index in [2.05, 4.69) is 34.7 Å². The largest absolute Gasteiger partial charge is 0.308 e. The lowest BCUT2D eigenvalue weighted by atomic mass is 10.2. The van der Waals surface area contributed by atoms with Crippen LogP contribution in [-0.4, -0.2) is 21.0 Å². The lowest BCUT2D eigenvalue weighted by Crippen LogP contribution is -2.18. The molecule has 88 valence electrons. The number of hydrogen-bond donors (Lipinski definition) is 1. The minimum Gasteiger partial charge on any atom is -0.308 e. The first kappa shape index (κ1) is 10.5. The summed E-state index contributed by atoms with van der Waals surface area (Å²) in [5.74, 6) is 0. The molecule has 0 spiro atoms. The van der Waals surface area contributed by atoms with E-state index in [9.17, 15) is 0 Å². The van der Waals surface area contributed by atoms with Gasteiger partial charge in [-0.15, -0.1) is 5.10 Å². The van der Waals surface area contributed by atoms with Crippen molar-refractivity contribution in [1.82, 2.24) is 20.3 Å². The van der Waals surface area contributed by atoms with Crippen LogP contribution >= 0.6 is 0 Å². The minimum absolute atomic E-state index is 0.704. The Bertz CT molecular complexity index is 514. The van der Waals surface area contributed by atoms with E-state index in [1.807, 2.05) is 23.0 Å². The Balaban J connectivity index is 1.86. The summed E-state index contributed by atoms with van der Waals surface area (Å²) in [6.45, 7) is 2.93. The van der Waals surface area contributed by atoms with Gasteiger partial charge in [-0.25, -0.2) is 4.68 Å². The van der Waals surface area contributed by atoms with Crippen LogP contribution in [0.25, 0.3) is 5.69 Å². The van der Waals surface area contributed by atoms with E-state index >= 15 is 0 Å². The van der Waals surface area contributed by atoms with Gasteiger partial charge in [0.1, 0.15) is 0 Å². The second-order valence-corrected chi connectivity index (χ2v) is 4.58. The van der Waals surface area contributed by atoms with Crippen LogP contribution in [0.3, 0.4) is 0 Å². The van der Waals surface area contributed by atoms with Crippen LogP contribution in [0, 0.1) is 6.92 Å². The van der Waals surface area contributed by atoms with Crippen LogP contribution in [0.2, 0.25) is 0 Å². The molecule has 0 unspecified atom stereocenters. The van der Waals surface area contributed by atoms with Crippen molar-refractivity contribution in [2.75, 3.05) is 0 Å². The molecule has 4 heteroatoms. The van der Waals surface area contributed by atoms with Crippen molar-refractivity contribution in [3.8, 4) is 5.69 Å². The third-order valence-corrected chi connectivity index (χ3v) is 3.11. The normalized spacial score (nSPS) is 15.1. The summed E-state index contributed by atoms with van der Waals surface area (Å²) in [6, 6.07) is 8.94. The standard InChI is InChI=1S/C13H16N4/c1-10-4-2-3-5-13(10)17-12(9-15-16-17)8-14-11-6-7-11/h2-5,9,11,14H,6-8H2,1H3. The van der Waals surface area contributed by atoms with E-state index in [1.165, 1.54) is 18.4 Å². The highest BCUT2D eigenvalue weighted by molar-refractivity contribution is 5.40. The highest BCUT2D eigenvalue weighted by Crippen LogP contribution is 2.20. The highest BCUT2D eigenvalue weighted by atomic mass is 15.4. The first-order valence-corrected chi connectivity index (χ1v) is 6.03. The average Bonchev–Trinajstić information content (AvgIpc) is 3.06. The quantitative estimate of drug-likeness (QED) is 0.868. The molecule has 0 radical (unpaired) electrons. The van der Waals surface area contributed by atoms with Crippen molar-refractivity contribution >= 4 is 0 Å². The molecule has 17 heavy (non-hydrogen) atoms. The highest BCUT2D eigenvalue weighted by Gasteiger charge is 2.21. The molecule has 2 aromatic rings. The Morgan fingerprint density at radius 3 is 2.94 bits per heavy atom. The Labute approximate surface area is 101 Å². The molecular formula is C13H16N4. The van der Waals surface area contributed by atoms with Crippen LogP contribution in [-0.2, 0) is 6.54 Å². The molecule has 1 saturated carbocycles. The molecular weight excluding hydrogens is 212 g/mol. The number of nitrogens with one attached hydrogen (secondary N) is 1. The van der Waals surface area contributed by atoms with E-state index in [1.54, 1.807) is 0 Å². The van der Waals surface area contributed by atoms with E-state index in [4.69, 9.17) is 0 Å². The van der Waals surface area contributed by atoms with Crippen LogP contribution < -0.4 is 5.32 Å². The molecule has 1 aliphatic rings. The van der Waals surface area contributed by atoms with Crippen LogP contribution in [0.15, 0.2) is 30.5 Å². The molecule has 1 aromatic heterocycles. The average molecular weight is 228 g/mol. The summed E-state index contributed by atoms with van der Waals surface area (Å²) in [4.78, 5) is 0. The topological polar surface area (TPSA) is 42.7 Å². The van der Waals surface area contributed by atoms with Crippen LogP contribution in [0.1, 0.15) is 24.1 Å². The van der Waals surface area contributed by atoms with E-state index in [0.29, 0.717) is 6.04 Å². The maximum Gasteiger partial charge on any atom is 0.0783 e.